The van der Waals surface area contributed by atoms with E-state index in [1.165, 1.54) is 6.33 Å². The van der Waals surface area contributed by atoms with E-state index in [0.717, 1.165) is 36.7 Å². The zero-order valence-corrected chi connectivity index (χ0v) is 14.7. The van der Waals surface area contributed by atoms with Gasteiger partial charge in [0, 0.05) is 30.7 Å². The normalized spacial score (nSPS) is 11.6. The topological polar surface area (TPSA) is 67.1 Å². The van der Waals surface area contributed by atoms with Gasteiger partial charge in [0.1, 0.15) is 12.2 Å². The van der Waals surface area contributed by atoms with Gasteiger partial charge in [-0.15, -0.1) is 0 Å². The van der Waals surface area contributed by atoms with Gasteiger partial charge in [0.2, 0.25) is 0 Å². The van der Waals surface area contributed by atoms with E-state index in [1.807, 2.05) is 19.2 Å². The predicted molar refractivity (Wildman–Crippen MR) is 94.0 cm³/mol. The van der Waals surface area contributed by atoms with Gasteiger partial charge in [0.25, 0.3) is 0 Å². The molecule has 0 bridgehead atoms. The minimum absolute atomic E-state index is 0.569. The summed E-state index contributed by atoms with van der Waals surface area (Å²) in [5.74, 6) is 1.58. The molecule has 2 N–H and O–H groups in total. The van der Waals surface area contributed by atoms with Crippen molar-refractivity contribution >= 4 is 29.2 Å². The van der Waals surface area contributed by atoms with Crippen LogP contribution in [0.3, 0.4) is 0 Å². The van der Waals surface area contributed by atoms with Crippen LogP contribution in [0.25, 0.3) is 0 Å². The lowest BCUT2D eigenvalue weighted by molar-refractivity contribution is 0.669. The van der Waals surface area contributed by atoms with Crippen LogP contribution in [-0.2, 0) is 20.0 Å². The molecule has 2 rings (SSSR count). The molecule has 0 spiro atoms. The van der Waals surface area contributed by atoms with Crippen molar-refractivity contribution < 1.29 is 0 Å². The van der Waals surface area contributed by atoms with Crippen molar-refractivity contribution in [1.82, 2.24) is 25.4 Å². The van der Waals surface area contributed by atoms with E-state index in [9.17, 15) is 0 Å². The van der Waals surface area contributed by atoms with Crippen molar-refractivity contribution in [2.24, 2.45) is 12.0 Å². The maximum absolute atomic E-state index is 6.16. The molecule has 0 amide bonds. The average Bonchev–Trinajstić information content (AvgIpc) is 2.93. The molecular formula is C15H20Cl2N6. The fourth-order valence-electron chi connectivity index (χ4n) is 2.07. The highest BCUT2D eigenvalue weighted by Crippen LogP contribution is 2.21. The Morgan fingerprint density at radius 1 is 1.30 bits per heavy atom. The standard InChI is InChI=1S/C15H20Cl2N6/c1-18-15(20-9-14-21-10-22-23(14)2)19-7-3-4-11-5-6-12(16)8-13(11)17/h5-6,8,10H,3-4,7,9H2,1-2H3,(H2,18,19,20). The van der Waals surface area contributed by atoms with Crippen LogP contribution in [0.2, 0.25) is 10.0 Å². The first-order valence-electron chi connectivity index (χ1n) is 7.31. The third-order valence-corrected chi connectivity index (χ3v) is 3.96. The lowest BCUT2D eigenvalue weighted by Gasteiger charge is -2.11. The number of aromatic nitrogens is 3. The first kappa shape index (κ1) is 17.6. The van der Waals surface area contributed by atoms with Gasteiger partial charge >= 0.3 is 0 Å². The minimum atomic E-state index is 0.569. The van der Waals surface area contributed by atoms with E-state index in [-0.39, 0.29) is 0 Å². The largest absolute Gasteiger partial charge is 0.356 e. The molecule has 6 nitrogen and oxygen atoms in total. The highest BCUT2D eigenvalue weighted by Gasteiger charge is 2.04. The van der Waals surface area contributed by atoms with E-state index in [1.54, 1.807) is 17.8 Å². The Kier molecular flexibility index (Phi) is 6.67. The summed E-state index contributed by atoms with van der Waals surface area (Å²) < 4.78 is 1.73. The van der Waals surface area contributed by atoms with Gasteiger partial charge in [-0.2, -0.15) is 5.10 Å². The Labute approximate surface area is 145 Å². The fourth-order valence-corrected chi connectivity index (χ4v) is 2.58. The van der Waals surface area contributed by atoms with E-state index in [2.05, 4.69) is 25.7 Å². The summed E-state index contributed by atoms with van der Waals surface area (Å²) in [6.07, 6.45) is 3.35. The van der Waals surface area contributed by atoms with Crippen molar-refractivity contribution in [3.05, 3.63) is 46.0 Å². The number of hydrogen-bond acceptors (Lipinski definition) is 3. The van der Waals surface area contributed by atoms with Gasteiger partial charge in [-0.1, -0.05) is 29.3 Å². The number of rotatable bonds is 6. The third-order valence-electron chi connectivity index (χ3n) is 3.37. The Hall–Kier alpha value is -1.79. The summed E-state index contributed by atoms with van der Waals surface area (Å²) in [7, 11) is 3.60. The average molecular weight is 355 g/mol. The zero-order chi connectivity index (χ0) is 16.7. The molecule has 23 heavy (non-hydrogen) atoms. The van der Waals surface area contributed by atoms with Crippen molar-refractivity contribution in [2.45, 2.75) is 19.4 Å². The second-order valence-electron chi connectivity index (χ2n) is 4.99. The summed E-state index contributed by atoms with van der Waals surface area (Å²) in [4.78, 5) is 8.34. The van der Waals surface area contributed by atoms with E-state index < -0.39 is 0 Å². The number of aliphatic imine (C=N–C) groups is 1. The maximum Gasteiger partial charge on any atom is 0.191 e. The van der Waals surface area contributed by atoms with Gasteiger partial charge in [-0.3, -0.25) is 9.67 Å². The second kappa shape index (κ2) is 8.74. The number of benzene rings is 1. The van der Waals surface area contributed by atoms with E-state index in [4.69, 9.17) is 23.2 Å². The summed E-state index contributed by atoms with van der Waals surface area (Å²) in [6.45, 7) is 1.36. The van der Waals surface area contributed by atoms with Crippen molar-refractivity contribution in [2.75, 3.05) is 13.6 Å². The SMILES string of the molecule is CN=C(NCCCc1ccc(Cl)cc1Cl)NCc1ncnn1C. The molecule has 1 heterocycles. The Morgan fingerprint density at radius 3 is 2.78 bits per heavy atom. The Balaban J connectivity index is 1.72. The predicted octanol–water partition coefficient (Wildman–Crippen LogP) is 2.42. The van der Waals surface area contributed by atoms with Crippen LogP contribution in [0.5, 0.6) is 0 Å². The highest BCUT2D eigenvalue weighted by atomic mass is 35.5. The summed E-state index contributed by atoms with van der Waals surface area (Å²) >= 11 is 12.1. The van der Waals surface area contributed by atoms with Gasteiger partial charge in [-0.25, -0.2) is 4.98 Å². The summed E-state index contributed by atoms with van der Waals surface area (Å²) in [6, 6.07) is 5.59. The van der Waals surface area contributed by atoms with Gasteiger partial charge in [-0.05, 0) is 30.5 Å². The molecule has 0 aliphatic carbocycles. The molecule has 0 radical (unpaired) electrons. The van der Waals surface area contributed by atoms with Crippen LogP contribution >= 0.6 is 23.2 Å². The maximum atomic E-state index is 6.16. The molecule has 2 aromatic rings. The molecule has 1 aromatic carbocycles. The van der Waals surface area contributed by atoms with Gasteiger partial charge in [0.05, 0.1) is 6.54 Å². The Morgan fingerprint density at radius 2 is 2.13 bits per heavy atom. The van der Waals surface area contributed by atoms with Crippen LogP contribution < -0.4 is 10.6 Å². The molecule has 124 valence electrons. The van der Waals surface area contributed by atoms with Crippen molar-refractivity contribution in [3.63, 3.8) is 0 Å². The first-order valence-corrected chi connectivity index (χ1v) is 8.07. The number of nitrogens with one attached hydrogen (secondary N) is 2. The zero-order valence-electron chi connectivity index (χ0n) is 13.2. The number of guanidine groups is 1. The number of hydrogen-bond donors (Lipinski definition) is 2. The van der Waals surface area contributed by atoms with E-state index >= 15 is 0 Å². The van der Waals surface area contributed by atoms with Crippen LogP contribution in [0.4, 0.5) is 0 Å². The van der Waals surface area contributed by atoms with Gasteiger partial charge in [0.15, 0.2) is 5.96 Å². The molecule has 0 aliphatic heterocycles. The summed E-state index contributed by atoms with van der Waals surface area (Å²) in [5.41, 5.74) is 1.10. The first-order chi connectivity index (χ1) is 11.1. The highest BCUT2D eigenvalue weighted by molar-refractivity contribution is 6.35. The molecule has 8 heteroatoms. The van der Waals surface area contributed by atoms with Crippen molar-refractivity contribution in [3.8, 4) is 0 Å². The van der Waals surface area contributed by atoms with Crippen LogP contribution in [0, 0.1) is 0 Å². The van der Waals surface area contributed by atoms with Crippen LogP contribution in [-0.4, -0.2) is 34.3 Å². The smallest absolute Gasteiger partial charge is 0.191 e. The number of halogens is 2. The van der Waals surface area contributed by atoms with Gasteiger partial charge < -0.3 is 10.6 Å². The minimum Gasteiger partial charge on any atom is -0.356 e. The van der Waals surface area contributed by atoms with Crippen LogP contribution in [0.15, 0.2) is 29.5 Å². The quantitative estimate of drug-likeness (QED) is 0.475. The number of nitrogens with zero attached hydrogens (tertiary/aromatic N) is 4. The Bertz CT molecular complexity index is 668. The molecule has 0 saturated heterocycles. The second-order valence-corrected chi connectivity index (χ2v) is 5.84. The molecule has 0 unspecified atom stereocenters. The molecule has 0 saturated carbocycles. The molecule has 0 aliphatic rings. The number of aryl methyl sites for hydroxylation is 2. The molecule has 0 fully saturated rings. The van der Waals surface area contributed by atoms with Crippen molar-refractivity contribution in [1.29, 1.82) is 0 Å². The third kappa shape index (κ3) is 5.41. The molecule has 0 atom stereocenters. The lowest BCUT2D eigenvalue weighted by atomic mass is 10.1. The van der Waals surface area contributed by atoms with Crippen LogP contribution in [0.1, 0.15) is 17.8 Å². The summed E-state index contributed by atoms with van der Waals surface area (Å²) in [5, 5.41) is 11.9. The molecular weight excluding hydrogens is 335 g/mol. The fraction of sp³-hybridized carbons (Fsp3) is 0.400. The van der Waals surface area contributed by atoms with E-state index in [0.29, 0.717) is 16.6 Å². The molecule has 1 aromatic heterocycles. The monoisotopic (exact) mass is 354 g/mol. The lowest BCUT2D eigenvalue weighted by Crippen LogP contribution is -2.38.